The first-order chi connectivity index (χ1) is 10.5. The molecule has 2 rings (SSSR count). The maximum atomic E-state index is 10.3. The zero-order valence-electron chi connectivity index (χ0n) is 14.5. The molecule has 1 saturated heterocycles. The maximum Gasteiger partial charge on any atom is 0.119 e. The van der Waals surface area contributed by atoms with Gasteiger partial charge in [-0.15, -0.1) is 0 Å². The number of benzene rings is 1. The van der Waals surface area contributed by atoms with E-state index in [2.05, 4.69) is 44.7 Å². The number of likely N-dealkylation sites (tertiary alicyclic amines) is 1. The van der Waals surface area contributed by atoms with Gasteiger partial charge >= 0.3 is 0 Å². The fourth-order valence-electron chi connectivity index (χ4n) is 3.27. The molecule has 3 atom stereocenters. The topological polar surface area (TPSA) is 32.7 Å². The zero-order valence-corrected chi connectivity index (χ0v) is 14.5. The molecule has 0 radical (unpaired) electrons. The van der Waals surface area contributed by atoms with Gasteiger partial charge in [-0.05, 0) is 50.3 Å². The van der Waals surface area contributed by atoms with Crippen molar-refractivity contribution in [3.05, 3.63) is 29.8 Å². The predicted octanol–water partition coefficient (Wildman–Crippen LogP) is 3.81. The highest BCUT2D eigenvalue weighted by Gasteiger charge is 2.26. The molecule has 0 spiro atoms. The molecular formula is C19H31NO2. The molecule has 0 amide bonds. The Morgan fingerprint density at radius 3 is 2.27 bits per heavy atom. The van der Waals surface area contributed by atoms with Crippen LogP contribution in [0.4, 0.5) is 0 Å². The Morgan fingerprint density at radius 1 is 1.14 bits per heavy atom. The lowest BCUT2D eigenvalue weighted by Gasteiger charge is -2.40. The number of aliphatic hydroxyl groups is 1. The SMILES string of the molecule is CC(C)c1ccc(OC[C@@H](O)CN2[C@H](C)CCC[C@H]2C)cc1. The summed E-state index contributed by atoms with van der Waals surface area (Å²) in [5.41, 5.74) is 1.31. The normalized spacial score (nSPS) is 24.5. The first-order valence-electron chi connectivity index (χ1n) is 8.64. The molecule has 0 unspecified atom stereocenters. The van der Waals surface area contributed by atoms with Crippen molar-refractivity contribution in [3.63, 3.8) is 0 Å². The van der Waals surface area contributed by atoms with Crippen molar-refractivity contribution < 1.29 is 9.84 Å². The summed E-state index contributed by atoms with van der Waals surface area (Å²) in [6.07, 6.45) is 3.32. The molecule has 1 fully saturated rings. The second-order valence-electron chi connectivity index (χ2n) is 7.01. The van der Waals surface area contributed by atoms with Crippen molar-refractivity contribution in [3.8, 4) is 5.75 Å². The van der Waals surface area contributed by atoms with Gasteiger partial charge in [-0.2, -0.15) is 0 Å². The van der Waals surface area contributed by atoms with E-state index in [9.17, 15) is 5.11 Å². The molecule has 1 N–H and O–H groups in total. The van der Waals surface area contributed by atoms with Gasteiger partial charge in [-0.1, -0.05) is 32.4 Å². The smallest absolute Gasteiger partial charge is 0.119 e. The highest BCUT2D eigenvalue weighted by Crippen LogP contribution is 2.23. The molecule has 0 aliphatic carbocycles. The van der Waals surface area contributed by atoms with Crippen molar-refractivity contribution in [1.82, 2.24) is 4.90 Å². The van der Waals surface area contributed by atoms with Crippen molar-refractivity contribution in [2.75, 3.05) is 13.2 Å². The molecule has 1 heterocycles. The van der Waals surface area contributed by atoms with Crippen LogP contribution in [0, 0.1) is 0 Å². The Morgan fingerprint density at radius 2 is 1.73 bits per heavy atom. The fourth-order valence-corrected chi connectivity index (χ4v) is 3.27. The van der Waals surface area contributed by atoms with Crippen molar-refractivity contribution in [2.24, 2.45) is 0 Å². The van der Waals surface area contributed by atoms with Gasteiger partial charge < -0.3 is 9.84 Å². The number of β-amino-alcohol motifs (C(OH)–C–C–N with tert-alkyl or cyclic N) is 1. The third-order valence-corrected chi connectivity index (χ3v) is 4.79. The largest absolute Gasteiger partial charge is 0.491 e. The summed E-state index contributed by atoms with van der Waals surface area (Å²) in [6.45, 7) is 9.94. The van der Waals surface area contributed by atoms with Gasteiger partial charge in [-0.3, -0.25) is 4.90 Å². The minimum Gasteiger partial charge on any atom is -0.491 e. The maximum absolute atomic E-state index is 10.3. The minimum atomic E-state index is -0.437. The monoisotopic (exact) mass is 305 g/mol. The van der Waals surface area contributed by atoms with Crippen LogP contribution in [-0.2, 0) is 0 Å². The first kappa shape index (κ1) is 17.3. The minimum absolute atomic E-state index is 0.358. The molecule has 3 heteroatoms. The number of ether oxygens (including phenoxy) is 1. The van der Waals surface area contributed by atoms with Crippen molar-refractivity contribution in [2.45, 2.75) is 71.1 Å². The molecule has 124 valence electrons. The molecule has 1 aliphatic heterocycles. The summed E-state index contributed by atoms with van der Waals surface area (Å²) in [4.78, 5) is 2.42. The van der Waals surface area contributed by atoms with Gasteiger partial charge in [0, 0.05) is 18.6 Å². The van der Waals surface area contributed by atoms with E-state index in [0.717, 1.165) is 5.75 Å². The second kappa shape index (κ2) is 7.98. The molecule has 0 saturated carbocycles. The number of rotatable bonds is 6. The summed E-state index contributed by atoms with van der Waals surface area (Å²) in [7, 11) is 0. The first-order valence-corrected chi connectivity index (χ1v) is 8.64. The third kappa shape index (κ3) is 4.72. The van der Waals surface area contributed by atoms with Crippen LogP contribution in [0.25, 0.3) is 0 Å². The summed E-state index contributed by atoms with van der Waals surface area (Å²) >= 11 is 0. The van der Waals surface area contributed by atoms with Gasteiger partial charge in [0.15, 0.2) is 0 Å². The van der Waals surface area contributed by atoms with E-state index >= 15 is 0 Å². The Bertz CT molecular complexity index is 433. The van der Waals surface area contributed by atoms with Crippen LogP contribution < -0.4 is 4.74 Å². The van der Waals surface area contributed by atoms with Crippen LogP contribution in [0.1, 0.15) is 58.4 Å². The highest BCUT2D eigenvalue weighted by atomic mass is 16.5. The van der Waals surface area contributed by atoms with Crippen LogP contribution in [0.2, 0.25) is 0 Å². The number of hydrogen-bond acceptors (Lipinski definition) is 3. The average Bonchev–Trinajstić information content (AvgIpc) is 2.49. The number of nitrogens with zero attached hydrogens (tertiary/aromatic N) is 1. The highest BCUT2D eigenvalue weighted by molar-refractivity contribution is 5.28. The lowest BCUT2D eigenvalue weighted by molar-refractivity contribution is 0.0209. The van der Waals surface area contributed by atoms with Gasteiger partial charge in [0.05, 0.1) is 0 Å². The number of aliphatic hydroxyl groups excluding tert-OH is 1. The number of hydrogen-bond donors (Lipinski definition) is 1. The van der Waals surface area contributed by atoms with Gasteiger partial charge in [0.1, 0.15) is 18.5 Å². The zero-order chi connectivity index (χ0) is 16.1. The van der Waals surface area contributed by atoms with Crippen LogP contribution in [0.5, 0.6) is 5.75 Å². The summed E-state index contributed by atoms with van der Waals surface area (Å²) < 4.78 is 5.74. The molecule has 1 aliphatic rings. The molecule has 0 aromatic heterocycles. The van der Waals surface area contributed by atoms with Crippen LogP contribution in [0.3, 0.4) is 0 Å². The Hall–Kier alpha value is -1.06. The summed E-state index contributed by atoms with van der Waals surface area (Å²) in [5.74, 6) is 1.37. The Kier molecular flexibility index (Phi) is 6.27. The lowest BCUT2D eigenvalue weighted by atomic mass is 9.97. The van der Waals surface area contributed by atoms with Crippen LogP contribution in [0.15, 0.2) is 24.3 Å². The molecule has 1 aromatic rings. The van der Waals surface area contributed by atoms with Gasteiger partial charge in [0.2, 0.25) is 0 Å². The van der Waals surface area contributed by atoms with E-state index in [1.165, 1.54) is 24.8 Å². The van der Waals surface area contributed by atoms with Crippen molar-refractivity contribution in [1.29, 1.82) is 0 Å². The van der Waals surface area contributed by atoms with E-state index in [1.54, 1.807) is 0 Å². The van der Waals surface area contributed by atoms with E-state index < -0.39 is 6.10 Å². The third-order valence-electron chi connectivity index (χ3n) is 4.79. The molecule has 22 heavy (non-hydrogen) atoms. The Balaban J connectivity index is 1.80. The quantitative estimate of drug-likeness (QED) is 0.867. The molecule has 3 nitrogen and oxygen atoms in total. The van der Waals surface area contributed by atoms with Crippen molar-refractivity contribution >= 4 is 0 Å². The number of piperidine rings is 1. The average molecular weight is 305 g/mol. The molecular weight excluding hydrogens is 274 g/mol. The van der Waals surface area contributed by atoms with E-state index in [0.29, 0.717) is 31.2 Å². The van der Waals surface area contributed by atoms with Gasteiger partial charge in [0.25, 0.3) is 0 Å². The molecule has 0 bridgehead atoms. The van der Waals surface area contributed by atoms with E-state index in [4.69, 9.17) is 4.74 Å². The molecule has 1 aromatic carbocycles. The fraction of sp³-hybridized carbons (Fsp3) is 0.684. The second-order valence-corrected chi connectivity index (χ2v) is 7.01. The summed E-state index contributed by atoms with van der Waals surface area (Å²) in [6, 6.07) is 9.30. The van der Waals surface area contributed by atoms with Gasteiger partial charge in [-0.25, -0.2) is 0 Å². The van der Waals surface area contributed by atoms with Crippen LogP contribution in [-0.4, -0.2) is 41.3 Å². The summed E-state index contributed by atoms with van der Waals surface area (Å²) in [5, 5.41) is 10.3. The van der Waals surface area contributed by atoms with E-state index in [-0.39, 0.29) is 0 Å². The van der Waals surface area contributed by atoms with Crippen LogP contribution >= 0.6 is 0 Å². The lowest BCUT2D eigenvalue weighted by Crippen LogP contribution is -2.48. The standard InChI is InChI=1S/C19H31NO2/c1-14(2)17-8-10-19(11-9-17)22-13-18(21)12-20-15(3)6-5-7-16(20)4/h8-11,14-16,18,21H,5-7,12-13H2,1-4H3/t15-,16-,18+/m1/s1. The predicted molar refractivity (Wildman–Crippen MR) is 91.5 cm³/mol. The Labute approximate surface area is 135 Å². The van der Waals surface area contributed by atoms with E-state index in [1.807, 2.05) is 12.1 Å².